The molecular weight excluding hydrogens is 432 g/mol. The molecule has 0 radical (unpaired) electrons. The summed E-state index contributed by atoms with van der Waals surface area (Å²) in [5, 5.41) is 3.56. The molecule has 0 spiro atoms. The van der Waals surface area contributed by atoms with Gasteiger partial charge in [0.05, 0.1) is 6.42 Å². The topological polar surface area (TPSA) is 49.4 Å². The van der Waals surface area contributed by atoms with Crippen LogP contribution in [0.1, 0.15) is 36.1 Å². The van der Waals surface area contributed by atoms with E-state index in [-0.39, 0.29) is 24.3 Å². The van der Waals surface area contributed by atoms with E-state index in [1.807, 2.05) is 87.5 Å². The molecule has 172 valence electrons. The zero-order valence-corrected chi connectivity index (χ0v) is 20.2. The summed E-state index contributed by atoms with van der Waals surface area (Å²) in [4.78, 5) is 28.7. The molecule has 1 atom stereocenters. The first-order valence-electron chi connectivity index (χ1n) is 11.3. The zero-order chi connectivity index (χ0) is 23.8. The molecule has 0 heterocycles. The Morgan fingerprint density at radius 2 is 1.58 bits per heavy atom. The average Bonchev–Trinajstić information content (AvgIpc) is 2.78. The average molecular weight is 463 g/mol. The van der Waals surface area contributed by atoms with Crippen molar-refractivity contribution in [2.75, 3.05) is 0 Å². The number of benzene rings is 3. The number of carbonyl (C=O) groups excluding carboxylic acids is 2. The fourth-order valence-corrected chi connectivity index (χ4v) is 4.05. The normalized spacial score (nSPS) is 11.8. The second-order valence-electron chi connectivity index (χ2n) is 8.65. The molecular formula is C28H31ClN2O2. The van der Waals surface area contributed by atoms with Gasteiger partial charge in [-0.2, -0.15) is 0 Å². The minimum atomic E-state index is -0.648. The van der Waals surface area contributed by atoms with Crippen molar-refractivity contribution < 1.29 is 9.59 Å². The lowest BCUT2D eigenvalue weighted by molar-refractivity contribution is -0.141. The molecule has 0 aromatic heterocycles. The zero-order valence-electron chi connectivity index (χ0n) is 19.4. The molecule has 0 unspecified atom stereocenters. The number of halogens is 1. The minimum Gasteiger partial charge on any atom is -0.352 e. The Hall–Kier alpha value is -3.11. The quantitative estimate of drug-likeness (QED) is 0.465. The molecule has 5 heteroatoms. The van der Waals surface area contributed by atoms with Crippen molar-refractivity contribution in [3.8, 4) is 0 Å². The van der Waals surface area contributed by atoms with Gasteiger partial charge in [-0.25, -0.2) is 0 Å². The third-order valence-corrected chi connectivity index (χ3v) is 5.81. The summed E-state index contributed by atoms with van der Waals surface area (Å²) < 4.78 is 0. The SMILES string of the molecule is Cc1cccc(CN(C(=O)Cc2ccccc2Cl)[C@@H](Cc2ccccc2)C(=O)NC(C)C)c1. The lowest BCUT2D eigenvalue weighted by Gasteiger charge is -2.32. The first-order chi connectivity index (χ1) is 15.8. The summed E-state index contributed by atoms with van der Waals surface area (Å²) in [6.45, 7) is 6.21. The number of nitrogens with zero attached hydrogens (tertiary/aromatic N) is 1. The van der Waals surface area contributed by atoms with Gasteiger partial charge in [-0.15, -0.1) is 0 Å². The lowest BCUT2D eigenvalue weighted by Crippen LogP contribution is -2.52. The van der Waals surface area contributed by atoms with Gasteiger partial charge in [0, 0.05) is 24.0 Å². The fraction of sp³-hybridized carbons (Fsp3) is 0.286. The van der Waals surface area contributed by atoms with Crippen LogP contribution in [0.3, 0.4) is 0 Å². The maximum absolute atomic E-state index is 13.7. The van der Waals surface area contributed by atoms with E-state index in [1.54, 1.807) is 11.0 Å². The van der Waals surface area contributed by atoms with Crippen LogP contribution in [0, 0.1) is 6.92 Å². The van der Waals surface area contributed by atoms with Crippen LogP contribution in [0.25, 0.3) is 0 Å². The van der Waals surface area contributed by atoms with Gasteiger partial charge in [-0.05, 0) is 43.5 Å². The maximum atomic E-state index is 13.7. The van der Waals surface area contributed by atoms with Crippen molar-refractivity contribution in [3.05, 3.63) is 106 Å². The van der Waals surface area contributed by atoms with E-state index in [4.69, 9.17) is 11.6 Å². The van der Waals surface area contributed by atoms with Gasteiger partial charge in [0.25, 0.3) is 0 Å². The molecule has 33 heavy (non-hydrogen) atoms. The summed E-state index contributed by atoms with van der Waals surface area (Å²) in [5.41, 5.74) is 3.84. The summed E-state index contributed by atoms with van der Waals surface area (Å²) in [7, 11) is 0. The van der Waals surface area contributed by atoms with Crippen LogP contribution < -0.4 is 5.32 Å². The number of aryl methyl sites for hydroxylation is 1. The van der Waals surface area contributed by atoms with Gasteiger partial charge in [0.15, 0.2) is 0 Å². The van der Waals surface area contributed by atoms with Crippen LogP contribution in [-0.2, 0) is 29.0 Å². The predicted octanol–water partition coefficient (Wildman–Crippen LogP) is 5.36. The van der Waals surface area contributed by atoms with E-state index in [2.05, 4.69) is 11.4 Å². The van der Waals surface area contributed by atoms with E-state index >= 15 is 0 Å². The Labute approximate surface area is 201 Å². The van der Waals surface area contributed by atoms with E-state index in [0.717, 1.165) is 22.3 Å². The van der Waals surface area contributed by atoms with Crippen molar-refractivity contribution in [2.45, 2.75) is 52.2 Å². The lowest BCUT2D eigenvalue weighted by atomic mass is 10.0. The van der Waals surface area contributed by atoms with Crippen molar-refractivity contribution in [1.29, 1.82) is 0 Å². The van der Waals surface area contributed by atoms with Crippen LogP contribution in [-0.4, -0.2) is 28.8 Å². The molecule has 0 fully saturated rings. The Morgan fingerprint density at radius 1 is 0.909 bits per heavy atom. The Balaban J connectivity index is 1.98. The van der Waals surface area contributed by atoms with Crippen LogP contribution in [0.15, 0.2) is 78.9 Å². The van der Waals surface area contributed by atoms with Gasteiger partial charge in [-0.1, -0.05) is 90.0 Å². The summed E-state index contributed by atoms with van der Waals surface area (Å²) in [6, 6.07) is 24.5. The van der Waals surface area contributed by atoms with E-state index < -0.39 is 6.04 Å². The summed E-state index contributed by atoms with van der Waals surface area (Å²) in [6.07, 6.45) is 0.561. The standard InChI is InChI=1S/C28H31ClN2O2/c1-20(2)30-28(33)26(17-22-11-5-4-6-12-22)31(19-23-13-9-10-21(3)16-23)27(32)18-24-14-7-8-15-25(24)29/h4-16,20,26H,17-19H2,1-3H3,(H,30,33)/t26-/m0/s1. The third kappa shape index (κ3) is 7.19. The van der Waals surface area contributed by atoms with Gasteiger partial charge < -0.3 is 10.2 Å². The molecule has 4 nitrogen and oxygen atoms in total. The molecule has 0 aliphatic heterocycles. The largest absolute Gasteiger partial charge is 0.352 e. The highest BCUT2D eigenvalue weighted by atomic mass is 35.5. The molecule has 3 aromatic rings. The van der Waals surface area contributed by atoms with Crippen molar-refractivity contribution in [2.24, 2.45) is 0 Å². The number of hydrogen-bond donors (Lipinski definition) is 1. The van der Waals surface area contributed by atoms with Crippen LogP contribution in [0.5, 0.6) is 0 Å². The maximum Gasteiger partial charge on any atom is 0.243 e. The smallest absolute Gasteiger partial charge is 0.243 e. The number of amides is 2. The third-order valence-electron chi connectivity index (χ3n) is 5.44. The van der Waals surface area contributed by atoms with E-state index in [1.165, 1.54) is 0 Å². The van der Waals surface area contributed by atoms with E-state index in [9.17, 15) is 9.59 Å². The van der Waals surface area contributed by atoms with Crippen LogP contribution >= 0.6 is 11.6 Å². The second-order valence-corrected chi connectivity index (χ2v) is 9.05. The Kier molecular flexibility index (Phi) is 8.67. The highest BCUT2D eigenvalue weighted by Crippen LogP contribution is 2.20. The number of nitrogens with one attached hydrogen (secondary N) is 1. The molecule has 0 bridgehead atoms. The minimum absolute atomic E-state index is 0.0322. The molecule has 0 aliphatic carbocycles. The van der Waals surface area contributed by atoms with Crippen molar-refractivity contribution in [1.82, 2.24) is 10.2 Å². The van der Waals surface area contributed by atoms with Gasteiger partial charge >= 0.3 is 0 Å². The summed E-state index contributed by atoms with van der Waals surface area (Å²) in [5.74, 6) is -0.293. The molecule has 0 saturated carbocycles. The number of carbonyl (C=O) groups is 2. The summed E-state index contributed by atoms with van der Waals surface area (Å²) >= 11 is 6.34. The van der Waals surface area contributed by atoms with Crippen LogP contribution in [0.4, 0.5) is 0 Å². The molecule has 3 aromatic carbocycles. The first kappa shape index (κ1) is 24.5. The van der Waals surface area contributed by atoms with Crippen LogP contribution in [0.2, 0.25) is 5.02 Å². The molecule has 1 N–H and O–H groups in total. The molecule has 0 saturated heterocycles. The van der Waals surface area contributed by atoms with Gasteiger partial charge in [-0.3, -0.25) is 9.59 Å². The number of hydrogen-bond acceptors (Lipinski definition) is 2. The molecule has 0 aliphatic rings. The fourth-order valence-electron chi connectivity index (χ4n) is 3.85. The first-order valence-corrected chi connectivity index (χ1v) is 11.6. The van der Waals surface area contributed by atoms with Gasteiger partial charge in [0.1, 0.15) is 6.04 Å². The highest BCUT2D eigenvalue weighted by molar-refractivity contribution is 6.31. The highest BCUT2D eigenvalue weighted by Gasteiger charge is 2.31. The molecule has 2 amide bonds. The number of rotatable bonds is 9. The van der Waals surface area contributed by atoms with Crippen molar-refractivity contribution >= 4 is 23.4 Å². The Morgan fingerprint density at radius 3 is 2.24 bits per heavy atom. The van der Waals surface area contributed by atoms with Crippen molar-refractivity contribution in [3.63, 3.8) is 0 Å². The molecule has 3 rings (SSSR count). The van der Waals surface area contributed by atoms with E-state index in [0.29, 0.717) is 18.0 Å². The second kappa shape index (κ2) is 11.7. The predicted molar refractivity (Wildman–Crippen MR) is 134 cm³/mol. The van der Waals surface area contributed by atoms with Gasteiger partial charge in [0.2, 0.25) is 11.8 Å². The monoisotopic (exact) mass is 462 g/mol. The Bertz CT molecular complexity index is 1080.